The fourth-order valence-electron chi connectivity index (χ4n) is 3.09. The van der Waals surface area contributed by atoms with Crippen molar-refractivity contribution in [2.24, 2.45) is 0 Å². The molecule has 0 fully saturated rings. The van der Waals surface area contributed by atoms with Crippen LogP contribution in [0.2, 0.25) is 0 Å². The van der Waals surface area contributed by atoms with Crippen molar-refractivity contribution in [1.29, 1.82) is 0 Å². The molecule has 0 saturated carbocycles. The Hall–Kier alpha value is -1.39. The second-order valence-corrected chi connectivity index (χ2v) is 6.84. The summed E-state index contributed by atoms with van der Waals surface area (Å²) in [6.45, 7) is 2.15. The Morgan fingerprint density at radius 1 is 1.15 bits per heavy atom. The average Bonchev–Trinajstić information content (AvgIpc) is 3.12. The Morgan fingerprint density at radius 3 is 2.60 bits per heavy atom. The zero-order valence-electron chi connectivity index (χ0n) is 11.5. The zero-order chi connectivity index (χ0) is 14.3. The van der Waals surface area contributed by atoms with Crippen LogP contribution in [-0.4, -0.2) is 13.0 Å². The molecule has 2 aromatic carbocycles. The van der Waals surface area contributed by atoms with Gasteiger partial charge in [0.15, 0.2) is 0 Å². The lowest BCUT2D eigenvalue weighted by atomic mass is 10.1. The van der Waals surface area contributed by atoms with Crippen LogP contribution in [0.1, 0.15) is 49.7 Å². The number of unbranched alkanes of at least 4 members (excludes halogenated alkanes) is 2. The summed E-state index contributed by atoms with van der Waals surface area (Å²) in [6, 6.07) is 9.38. The van der Waals surface area contributed by atoms with E-state index < -0.39 is 10.1 Å². The first kappa shape index (κ1) is 13.6. The minimum absolute atomic E-state index is 0.104. The van der Waals surface area contributed by atoms with E-state index in [0.29, 0.717) is 0 Å². The maximum Gasteiger partial charge on any atom is 0.294 e. The molecule has 0 spiro atoms. The summed E-state index contributed by atoms with van der Waals surface area (Å²) >= 11 is 0. The highest BCUT2D eigenvalue weighted by molar-refractivity contribution is 7.86. The third kappa shape index (κ3) is 2.23. The van der Waals surface area contributed by atoms with Crippen molar-refractivity contribution in [3.8, 4) is 0 Å². The molecule has 0 aromatic heterocycles. The lowest BCUT2D eigenvalue weighted by Crippen LogP contribution is -1.98. The van der Waals surface area contributed by atoms with E-state index in [0.717, 1.165) is 47.6 Å². The molecule has 1 unspecified atom stereocenters. The topological polar surface area (TPSA) is 54.4 Å². The van der Waals surface area contributed by atoms with E-state index in [1.165, 1.54) is 0 Å². The van der Waals surface area contributed by atoms with Crippen molar-refractivity contribution in [1.82, 2.24) is 0 Å². The first-order valence-electron chi connectivity index (χ1n) is 7.07. The van der Waals surface area contributed by atoms with Crippen molar-refractivity contribution in [2.45, 2.75) is 43.4 Å². The molecular formula is C16H18O3S. The van der Waals surface area contributed by atoms with E-state index in [9.17, 15) is 13.0 Å². The predicted molar refractivity (Wildman–Crippen MR) is 79.7 cm³/mol. The fourth-order valence-corrected chi connectivity index (χ4v) is 3.90. The normalized spacial score (nSPS) is 17.2. The molecule has 3 nitrogen and oxygen atoms in total. The van der Waals surface area contributed by atoms with Crippen LogP contribution < -0.4 is 0 Å². The summed E-state index contributed by atoms with van der Waals surface area (Å²) in [5.74, 6) is 0.207. The van der Waals surface area contributed by atoms with Crippen molar-refractivity contribution in [3.05, 3.63) is 41.5 Å². The van der Waals surface area contributed by atoms with Crippen LogP contribution in [0.5, 0.6) is 0 Å². The van der Waals surface area contributed by atoms with Gasteiger partial charge in [0.25, 0.3) is 10.1 Å². The molecule has 4 heteroatoms. The summed E-state index contributed by atoms with van der Waals surface area (Å²) in [5, 5.41) is 2.01. The number of rotatable bonds is 5. The van der Waals surface area contributed by atoms with Gasteiger partial charge in [-0.3, -0.25) is 4.55 Å². The molecule has 0 amide bonds. The molecule has 1 aliphatic rings. The maximum atomic E-state index is 11.6. The van der Waals surface area contributed by atoms with Gasteiger partial charge in [-0.25, -0.2) is 0 Å². The molecule has 3 rings (SSSR count). The average molecular weight is 290 g/mol. The van der Waals surface area contributed by atoms with E-state index >= 15 is 0 Å². The van der Waals surface area contributed by atoms with E-state index in [2.05, 4.69) is 6.92 Å². The summed E-state index contributed by atoms with van der Waals surface area (Å²) in [6.07, 6.45) is 4.37. The van der Waals surface area contributed by atoms with Crippen molar-refractivity contribution in [3.63, 3.8) is 0 Å². The summed E-state index contributed by atoms with van der Waals surface area (Å²) in [7, 11) is -4.14. The number of fused-ring (bicyclic) bond motifs is 3. The first-order chi connectivity index (χ1) is 9.54. The Balaban J connectivity index is 2.07. The highest BCUT2D eigenvalue weighted by Crippen LogP contribution is 2.54. The Labute approximate surface area is 119 Å². The lowest BCUT2D eigenvalue weighted by molar-refractivity contribution is 0.482. The molecule has 1 atom stereocenters. The predicted octanol–water partition coefficient (Wildman–Crippen LogP) is 4.11. The van der Waals surface area contributed by atoms with E-state index in [-0.39, 0.29) is 10.8 Å². The minimum Gasteiger partial charge on any atom is -0.282 e. The number of benzene rings is 2. The molecular weight excluding hydrogens is 272 g/mol. The lowest BCUT2D eigenvalue weighted by Gasteiger charge is -1.99. The number of hydrogen-bond donors (Lipinski definition) is 1. The molecule has 20 heavy (non-hydrogen) atoms. The quantitative estimate of drug-likeness (QED) is 0.666. The minimum atomic E-state index is -4.14. The van der Waals surface area contributed by atoms with Gasteiger partial charge in [-0.05, 0) is 34.4 Å². The molecule has 0 aliphatic heterocycles. The van der Waals surface area contributed by atoms with Crippen LogP contribution in [0, 0.1) is 0 Å². The molecule has 1 aliphatic carbocycles. The highest BCUT2D eigenvalue weighted by atomic mass is 32.2. The van der Waals surface area contributed by atoms with Gasteiger partial charge in [0, 0.05) is 5.92 Å². The van der Waals surface area contributed by atoms with Crippen LogP contribution >= 0.6 is 0 Å². The van der Waals surface area contributed by atoms with Crippen molar-refractivity contribution in [2.75, 3.05) is 0 Å². The van der Waals surface area contributed by atoms with Gasteiger partial charge < -0.3 is 0 Å². The summed E-state index contributed by atoms with van der Waals surface area (Å²) in [5.41, 5.74) is 1.95. The number of hydrogen-bond acceptors (Lipinski definition) is 2. The van der Waals surface area contributed by atoms with Gasteiger partial charge in [-0.2, -0.15) is 8.42 Å². The van der Waals surface area contributed by atoms with Gasteiger partial charge in [0.2, 0.25) is 0 Å². The van der Waals surface area contributed by atoms with Crippen LogP contribution in [0.3, 0.4) is 0 Å². The molecule has 1 N–H and O–H groups in total. The zero-order valence-corrected chi connectivity index (χ0v) is 12.3. The largest absolute Gasteiger partial charge is 0.294 e. The summed E-state index contributed by atoms with van der Waals surface area (Å²) in [4.78, 5) is 0.104. The van der Waals surface area contributed by atoms with Crippen molar-refractivity contribution < 1.29 is 13.0 Å². The van der Waals surface area contributed by atoms with Crippen LogP contribution in [0.15, 0.2) is 35.2 Å². The van der Waals surface area contributed by atoms with Gasteiger partial charge >= 0.3 is 0 Å². The van der Waals surface area contributed by atoms with Gasteiger partial charge in [0.1, 0.15) is 0 Å². The third-order valence-corrected chi connectivity index (χ3v) is 4.97. The molecule has 0 heterocycles. The first-order valence-corrected chi connectivity index (χ1v) is 8.51. The molecule has 0 bridgehead atoms. The standard InChI is InChI=1S/C16H18O3S/c1-2-3-4-9-13-15-12-8-6-5-7-11(12)10-14(16(13)15)20(17,18)19/h5-8,10,13H,2-4,9H2,1H3,(H,17,18,19). The van der Waals surface area contributed by atoms with Gasteiger partial charge in [-0.1, -0.05) is 50.5 Å². The smallest absolute Gasteiger partial charge is 0.282 e. The maximum absolute atomic E-state index is 11.6. The SMILES string of the molecule is CCCCCC1c2c(S(=O)(=O)O)cc3ccccc3c21. The second kappa shape index (κ2) is 4.86. The van der Waals surface area contributed by atoms with Crippen LogP contribution in [0.4, 0.5) is 0 Å². The highest BCUT2D eigenvalue weighted by Gasteiger charge is 2.40. The molecule has 0 radical (unpaired) electrons. The van der Waals surface area contributed by atoms with Crippen LogP contribution in [0.25, 0.3) is 10.8 Å². The Morgan fingerprint density at radius 2 is 1.90 bits per heavy atom. The molecule has 0 saturated heterocycles. The van der Waals surface area contributed by atoms with E-state index in [1.807, 2.05) is 24.3 Å². The van der Waals surface area contributed by atoms with Crippen LogP contribution in [-0.2, 0) is 10.1 Å². The van der Waals surface area contributed by atoms with E-state index in [1.54, 1.807) is 6.07 Å². The fraction of sp³-hybridized carbons (Fsp3) is 0.375. The monoisotopic (exact) mass is 290 g/mol. The molecule has 2 aromatic rings. The molecule has 106 valence electrons. The van der Waals surface area contributed by atoms with E-state index in [4.69, 9.17) is 0 Å². The van der Waals surface area contributed by atoms with Gasteiger partial charge in [-0.15, -0.1) is 0 Å². The second-order valence-electron chi connectivity index (χ2n) is 5.45. The summed E-state index contributed by atoms with van der Waals surface area (Å²) < 4.78 is 32.5. The Bertz CT molecular complexity index is 763. The van der Waals surface area contributed by atoms with Crippen molar-refractivity contribution >= 4 is 20.9 Å². The van der Waals surface area contributed by atoms with Gasteiger partial charge in [0.05, 0.1) is 4.90 Å². The third-order valence-electron chi connectivity index (χ3n) is 4.08. The Kier molecular flexibility index (Phi) is 3.30.